The summed E-state index contributed by atoms with van der Waals surface area (Å²) in [7, 11) is 0. The van der Waals surface area contributed by atoms with Crippen molar-refractivity contribution in [3.63, 3.8) is 0 Å². The number of rotatable bonds is 52. The van der Waals surface area contributed by atoms with E-state index >= 15 is 0 Å². The largest absolute Gasteiger partial charge is 0.394 e. The molecule has 0 aromatic rings. The molecule has 0 radical (unpaired) electrons. The fourth-order valence-electron chi connectivity index (χ4n) is 8.92. The average Bonchev–Trinajstić information content (AvgIpc) is 3.26. The van der Waals surface area contributed by atoms with Gasteiger partial charge in [-0.2, -0.15) is 0 Å². The van der Waals surface area contributed by atoms with E-state index in [1.54, 1.807) is 0 Å². The van der Waals surface area contributed by atoms with Crippen LogP contribution in [0.1, 0.15) is 316 Å². The van der Waals surface area contributed by atoms with E-state index in [9.17, 15) is 15.0 Å². The Labute approximate surface area is 383 Å². The standard InChI is InChI=1S/C57H111NO3/c1-3-5-7-9-11-13-15-17-19-21-23-24-25-26-27-28-29-30-31-32-33-34-35-37-39-41-43-45-47-49-51-53-57(61)58-55(54-59)56(60)52-50-48-46-44-42-40-38-36-22-20-18-16-14-12-10-8-6-4-2/h15,17,21,23,55-56,59-60H,3-14,16,18-20,22,24-54H2,1-2H3,(H,58,61)/b17-15-,23-21-. The minimum atomic E-state index is -0.657. The Morgan fingerprint density at radius 3 is 0.984 bits per heavy atom. The van der Waals surface area contributed by atoms with Crippen LogP contribution in [0.3, 0.4) is 0 Å². The second-order valence-electron chi connectivity index (χ2n) is 19.4. The Bertz CT molecular complexity index is 886. The summed E-state index contributed by atoms with van der Waals surface area (Å²) in [6, 6.07) is -0.534. The molecular formula is C57H111NO3. The Morgan fingerprint density at radius 1 is 0.393 bits per heavy atom. The molecule has 362 valence electrons. The number of carbonyl (C=O) groups excluding carboxylic acids is 1. The predicted octanol–water partition coefficient (Wildman–Crippen LogP) is 18.3. The van der Waals surface area contributed by atoms with Crippen LogP contribution >= 0.6 is 0 Å². The number of carbonyl (C=O) groups is 1. The molecule has 0 aromatic heterocycles. The van der Waals surface area contributed by atoms with E-state index in [-0.39, 0.29) is 12.5 Å². The van der Waals surface area contributed by atoms with Crippen LogP contribution in [-0.2, 0) is 4.79 Å². The lowest BCUT2D eigenvalue weighted by molar-refractivity contribution is -0.123. The summed E-state index contributed by atoms with van der Waals surface area (Å²) in [6.07, 6.45) is 70.2. The Balaban J connectivity index is 3.41. The molecule has 61 heavy (non-hydrogen) atoms. The zero-order valence-electron chi connectivity index (χ0n) is 41.7. The van der Waals surface area contributed by atoms with Gasteiger partial charge in [0.05, 0.1) is 18.8 Å². The third-order valence-corrected chi connectivity index (χ3v) is 13.2. The normalized spacial score (nSPS) is 12.9. The predicted molar refractivity (Wildman–Crippen MR) is 272 cm³/mol. The number of hydrogen-bond acceptors (Lipinski definition) is 3. The number of aliphatic hydroxyl groups excluding tert-OH is 2. The van der Waals surface area contributed by atoms with Crippen molar-refractivity contribution in [3.05, 3.63) is 24.3 Å². The highest BCUT2D eigenvalue weighted by Crippen LogP contribution is 2.18. The van der Waals surface area contributed by atoms with Gasteiger partial charge in [0.25, 0.3) is 0 Å². The molecular weight excluding hydrogens is 747 g/mol. The smallest absolute Gasteiger partial charge is 0.220 e. The molecule has 1 amide bonds. The van der Waals surface area contributed by atoms with Crippen LogP contribution in [0, 0.1) is 0 Å². The van der Waals surface area contributed by atoms with Gasteiger partial charge in [-0.25, -0.2) is 0 Å². The summed E-state index contributed by atoms with van der Waals surface area (Å²) >= 11 is 0. The Hall–Kier alpha value is -1.13. The van der Waals surface area contributed by atoms with Gasteiger partial charge in [0.1, 0.15) is 0 Å². The SMILES string of the molecule is CCCCCCC/C=C\C/C=C\CCCCCCCCCCCCCCCCCCCCCC(=O)NC(CO)C(O)CCCCCCCCCCCCCCCCCCCC. The van der Waals surface area contributed by atoms with Crippen LogP contribution in [0.4, 0.5) is 0 Å². The van der Waals surface area contributed by atoms with Crippen molar-refractivity contribution in [2.75, 3.05) is 6.61 Å². The highest BCUT2D eigenvalue weighted by Gasteiger charge is 2.20. The van der Waals surface area contributed by atoms with E-state index < -0.39 is 12.1 Å². The van der Waals surface area contributed by atoms with Crippen LogP contribution in [0.2, 0.25) is 0 Å². The van der Waals surface area contributed by atoms with E-state index in [0.29, 0.717) is 12.8 Å². The quantitative estimate of drug-likeness (QED) is 0.0422. The van der Waals surface area contributed by atoms with Crippen molar-refractivity contribution < 1.29 is 15.0 Å². The van der Waals surface area contributed by atoms with Crippen LogP contribution in [0.25, 0.3) is 0 Å². The molecule has 0 saturated heterocycles. The number of nitrogens with one attached hydrogen (secondary N) is 1. The molecule has 4 nitrogen and oxygen atoms in total. The fourth-order valence-corrected chi connectivity index (χ4v) is 8.92. The Kier molecular flexibility index (Phi) is 52.2. The van der Waals surface area contributed by atoms with Crippen LogP contribution in [-0.4, -0.2) is 34.9 Å². The summed E-state index contributed by atoms with van der Waals surface area (Å²) < 4.78 is 0. The van der Waals surface area contributed by atoms with Crippen LogP contribution in [0.15, 0.2) is 24.3 Å². The van der Waals surface area contributed by atoms with Crippen molar-refractivity contribution in [1.29, 1.82) is 0 Å². The van der Waals surface area contributed by atoms with Crippen molar-refractivity contribution in [2.24, 2.45) is 0 Å². The molecule has 2 atom stereocenters. The van der Waals surface area contributed by atoms with Crippen molar-refractivity contribution in [3.8, 4) is 0 Å². The molecule has 0 aliphatic carbocycles. The van der Waals surface area contributed by atoms with E-state index in [2.05, 4.69) is 43.5 Å². The zero-order chi connectivity index (χ0) is 44.2. The molecule has 0 spiro atoms. The molecule has 0 rings (SSSR count). The molecule has 0 fully saturated rings. The summed E-state index contributed by atoms with van der Waals surface area (Å²) in [5.74, 6) is -0.0252. The molecule has 4 heteroatoms. The van der Waals surface area contributed by atoms with Crippen molar-refractivity contribution >= 4 is 5.91 Å². The zero-order valence-corrected chi connectivity index (χ0v) is 41.7. The lowest BCUT2D eigenvalue weighted by Gasteiger charge is -2.22. The van der Waals surface area contributed by atoms with E-state index in [0.717, 1.165) is 32.1 Å². The molecule has 0 bridgehead atoms. The maximum absolute atomic E-state index is 12.5. The second-order valence-corrected chi connectivity index (χ2v) is 19.4. The number of amides is 1. The summed E-state index contributed by atoms with van der Waals surface area (Å²) in [5.41, 5.74) is 0. The first kappa shape index (κ1) is 59.9. The number of unbranched alkanes of at least 4 members (excludes halogenated alkanes) is 41. The minimum absolute atomic E-state index is 0.0252. The number of hydrogen-bond donors (Lipinski definition) is 3. The van der Waals surface area contributed by atoms with E-state index in [1.165, 1.54) is 257 Å². The van der Waals surface area contributed by atoms with Crippen molar-refractivity contribution in [2.45, 2.75) is 328 Å². The number of allylic oxidation sites excluding steroid dienone is 4. The van der Waals surface area contributed by atoms with Gasteiger partial charge in [0.2, 0.25) is 5.91 Å². The van der Waals surface area contributed by atoms with E-state index in [1.807, 2.05) is 0 Å². The maximum atomic E-state index is 12.5. The van der Waals surface area contributed by atoms with Gasteiger partial charge in [-0.1, -0.05) is 289 Å². The van der Waals surface area contributed by atoms with Gasteiger partial charge in [-0.05, 0) is 44.9 Å². The highest BCUT2D eigenvalue weighted by atomic mass is 16.3. The molecule has 0 aromatic carbocycles. The van der Waals surface area contributed by atoms with Gasteiger partial charge < -0.3 is 15.5 Å². The maximum Gasteiger partial charge on any atom is 0.220 e. The monoisotopic (exact) mass is 858 g/mol. The highest BCUT2D eigenvalue weighted by molar-refractivity contribution is 5.76. The molecule has 0 aliphatic heterocycles. The lowest BCUT2D eigenvalue weighted by Crippen LogP contribution is -2.45. The molecule has 0 heterocycles. The van der Waals surface area contributed by atoms with Crippen LogP contribution < -0.4 is 5.32 Å². The van der Waals surface area contributed by atoms with Gasteiger partial charge in [0.15, 0.2) is 0 Å². The third-order valence-electron chi connectivity index (χ3n) is 13.2. The first-order valence-corrected chi connectivity index (χ1v) is 28.0. The van der Waals surface area contributed by atoms with Crippen molar-refractivity contribution in [1.82, 2.24) is 5.32 Å². The first-order valence-electron chi connectivity index (χ1n) is 28.0. The molecule has 3 N–H and O–H groups in total. The van der Waals surface area contributed by atoms with Gasteiger partial charge in [-0.15, -0.1) is 0 Å². The summed E-state index contributed by atoms with van der Waals surface area (Å²) in [4.78, 5) is 12.5. The Morgan fingerprint density at radius 2 is 0.672 bits per heavy atom. The molecule has 0 aliphatic rings. The molecule has 0 saturated carbocycles. The first-order chi connectivity index (χ1) is 30.2. The minimum Gasteiger partial charge on any atom is -0.394 e. The summed E-state index contributed by atoms with van der Waals surface area (Å²) in [6.45, 7) is 4.38. The van der Waals surface area contributed by atoms with Gasteiger partial charge >= 0.3 is 0 Å². The topological polar surface area (TPSA) is 69.6 Å². The lowest BCUT2D eigenvalue weighted by atomic mass is 10.0. The third kappa shape index (κ3) is 49.7. The van der Waals surface area contributed by atoms with Crippen LogP contribution in [0.5, 0.6) is 0 Å². The number of aliphatic hydroxyl groups is 2. The fraction of sp³-hybridized carbons (Fsp3) is 0.912. The molecule has 2 unspecified atom stereocenters. The average molecular weight is 859 g/mol. The summed E-state index contributed by atoms with van der Waals surface area (Å²) in [5, 5.41) is 23.3. The second kappa shape index (κ2) is 53.2. The van der Waals surface area contributed by atoms with Gasteiger partial charge in [-0.3, -0.25) is 4.79 Å². The van der Waals surface area contributed by atoms with Gasteiger partial charge in [0, 0.05) is 6.42 Å². The van der Waals surface area contributed by atoms with E-state index in [4.69, 9.17) is 0 Å².